The molecule has 3 rings (SSSR count). The van der Waals surface area contributed by atoms with Gasteiger partial charge in [-0.15, -0.1) is 11.3 Å². The predicted octanol–water partition coefficient (Wildman–Crippen LogP) is 2.78. The van der Waals surface area contributed by atoms with E-state index in [1.165, 1.54) is 11.3 Å². The van der Waals surface area contributed by atoms with Crippen LogP contribution in [0, 0.1) is 19.8 Å². The van der Waals surface area contributed by atoms with Gasteiger partial charge in [-0.25, -0.2) is 15.0 Å². The summed E-state index contributed by atoms with van der Waals surface area (Å²) in [6.07, 6.45) is 3.61. The zero-order valence-electron chi connectivity index (χ0n) is 17.4. The van der Waals surface area contributed by atoms with Crippen LogP contribution in [0.3, 0.4) is 0 Å². The van der Waals surface area contributed by atoms with Crippen LogP contribution in [0.15, 0.2) is 5.38 Å². The number of hydrogen-bond donors (Lipinski definition) is 2. The molecule has 1 aliphatic heterocycles. The van der Waals surface area contributed by atoms with Gasteiger partial charge in [-0.2, -0.15) is 0 Å². The molecule has 0 aliphatic carbocycles. The van der Waals surface area contributed by atoms with Crippen LogP contribution in [-0.4, -0.2) is 50.8 Å². The number of aryl methyl sites for hydroxylation is 2. The van der Waals surface area contributed by atoms with E-state index in [9.17, 15) is 9.59 Å². The number of piperidine rings is 1. The highest BCUT2D eigenvalue weighted by Crippen LogP contribution is 2.25. The smallest absolute Gasteiger partial charge is 0.271 e. The molecular weight excluding hydrogens is 424 g/mol. The van der Waals surface area contributed by atoms with Crippen LogP contribution in [0.2, 0.25) is 5.28 Å². The average Bonchev–Trinajstić information content (AvgIpc) is 3.13. The van der Waals surface area contributed by atoms with Crippen molar-refractivity contribution < 1.29 is 9.59 Å². The Hall–Kier alpha value is -2.26. The van der Waals surface area contributed by atoms with Gasteiger partial charge in [0.1, 0.15) is 17.6 Å². The molecule has 3 heterocycles. The largest absolute Gasteiger partial charge is 0.383 e. The number of hydrogen-bond acceptors (Lipinski definition) is 7. The number of thiazole rings is 1. The third-order valence-electron chi connectivity index (χ3n) is 5.52. The standard InChI is InChI=1S/C20H27ClN6O2S/c1-11-15(17(22)26-20(21)24-11)5-4-14-6-8-27(9-7-14)19(29)12(2)23-18(28)16-10-30-13(3)25-16/h10,12,14H,4-9H2,1-3H3,(H,23,28)(H2,22,24,26). The van der Waals surface area contributed by atoms with E-state index < -0.39 is 6.04 Å². The normalized spacial score (nSPS) is 15.8. The van der Waals surface area contributed by atoms with Crippen molar-refractivity contribution in [3.05, 3.63) is 32.6 Å². The summed E-state index contributed by atoms with van der Waals surface area (Å²) in [4.78, 5) is 39.2. The summed E-state index contributed by atoms with van der Waals surface area (Å²) in [7, 11) is 0. The minimum Gasteiger partial charge on any atom is -0.383 e. The number of nitrogens with two attached hydrogens (primary N) is 1. The summed E-state index contributed by atoms with van der Waals surface area (Å²) >= 11 is 7.25. The molecule has 0 spiro atoms. The number of rotatable bonds is 6. The molecule has 8 nitrogen and oxygen atoms in total. The van der Waals surface area contributed by atoms with Gasteiger partial charge in [0.05, 0.1) is 5.01 Å². The number of amides is 2. The highest BCUT2D eigenvalue weighted by Gasteiger charge is 2.27. The number of nitrogens with zero attached hydrogens (tertiary/aromatic N) is 4. The number of carbonyl (C=O) groups is 2. The molecule has 30 heavy (non-hydrogen) atoms. The second-order valence-corrected chi connectivity index (χ2v) is 9.10. The van der Waals surface area contributed by atoms with Gasteiger partial charge in [-0.05, 0) is 64.0 Å². The Morgan fingerprint density at radius 2 is 2.00 bits per heavy atom. The van der Waals surface area contributed by atoms with Gasteiger partial charge in [0.2, 0.25) is 11.2 Å². The number of likely N-dealkylation sites (tertiary alicyclic amines) is 1. The third-order valence-corrected chi connectivity index (χ3v) is 6.46. The number of aromatic nitrogens is 3. The second kappa shape index (κ2) is 9.70. The van der Waals surface area contributed by atoms with E-state index >= 15 is 0 Å². The molecule has 1 saturated heterocycles. The van der Waals surface area contributed by atoms with E-state index in [1.807, 2.05) is 18.7 Å². The van der Waals surface area contributed by atoms with Gasteiger partial charge in [0, 0.05) is 29.7 Å². The number of nitrogen functional groups attached to an aromatic ring is 1. The van der Waals surface area contributed by atoms with Crippen LogP contribution in [0.4, 0.5) is 5.82 Å². The SMILES string of the molecule is Cc1nc(C(=O)NC(C)C(=O)N2CCC(CCc3c(C)nc(Cl)nc3N)CC2)cs1. The number of anilines is 1. The minimum absolute atomic E-state index is 0.0556. The molecule has 0 saturated carbocycles. The van der Waals surface area contributed by atoms with Gasteiger partial charge in [0.15, 0.2) is 0 Å². The van der Waals surface area contributed by atoms with Crippen molar-refractivity contribution in [1.82, 2.24) is 25.2 Å². The van der Waals surface area contributed by atoms with Crippen molar-refractivity contribution in [2.75, 3.05) is 18.8 Å². The van der Waals surface area contributed by atoms with Crippen LogP contribution in [0.25, 0.3) is 0 Å². The molecule has 1 atom stereocenters. The fourth-order valence-electron chi connectivity index (χ4n) is 3.76. The van der Waals surface area contributed by atoms with Crippen molar-refractivity contribution in [2.24, 2.45) is 5.92 Å². The zero-order valence-corrected chi connectivity index (χ0v) is 19.0. The molecule has 1 unspecified atom stereocenters. The van der Waals surface area contributed by atoms with E-state index in [0.29, 0.717) is 30.5 Å². The van der Waals surface area contributed by atoms with Crippen LogP contribution in [0.1, 0.15) is 52.9 Å². The van der Waals surface area contributed by atoms with E-state index in [2.05, 4.69) is 20.3 Å². The van der Waals surface area contributed by atoms with Gasteiger partial charge in [-0.1, -0.05) is 0 Å². The summed E-state index contributed by atoms with van der Waals surface area (Å²) in [5.74, 6) is 0.583. The highest BCUT2D eigenvalue weighted by atomic mass is 35.5. The maximum absolute atomic E-state index is 12.7. The molecule has 1 aliphatic rings. The highest BCUT2D eigenvalue weighted by molar-refractivity contribution is 7.09. The Kier molecular flexibility index (Phi) is 7.25. The number of nitrogens with one attached hydrogen (secondary N) is 1. The zero-order chi connectivity index (χ0) is 21.8. The lowest BCUT2D eigenvalue weighted by Crippen LogP contribution is -2.49. The summed E-state index contributed by atoms with van der Waals surface area (Å²) in [6.45, 7) is 6.83. The molecule has 162 valence electrons. The lowest BCUT2D eigenvalue weighted by Gasteiger charge is -2.33. The van der Waals surface area contributed by atoms with Crippen molar-refractivity contribution in [2.45, 2.75) is 52.5 Å². The maximum Gasteiger partial charge on any atom is 0.271 e. The Balaban J connectivity index is 1.46. The molecule has 0 radical (unpaired) electrons. The van der Waals surface area contributed by atoms with E-state index in [1.54, 1.807) is 12.3 Å². The Labute approximate surface area is 185 Å². The van der Waals surface area contributed by atoms with Crippen molar-refractivity contribution in [1.29, 1.82) is 0 Å². The van der Waals surface area contributed by atoms with Gasteiger partial charge in [0.25, 0.3) is 5.91 Å². The van der Waals surface area contributed by atoms with Crippen LogP contribution >= 0.6 is 22.9 Å². The third kappa shape index (κ3) is 5.46. The molecule has 0 aromatic carbocycles. The summed E-state index contributed by atoms with van der Waals surface area (Å²) in [6, 6.07) is -0.579. The minimum atomic E-state index is -0.579. The first-order valence-corrected chi connectivity index (χ1v) is 11.3. The molecule has 2 aromatic rings. The lowest BCUT2D eigenvalue weighted by atomic mass is 9.90. The van der Waals surface area contributed by atoms with Gasteiger partial charge >= 0.3 is 0 Å². The fourth-order valence-corrected chi connectivity index (χ4v) is 4.57. The summed E-state index contributed by atoms with van der Waals surface area (Å²) in [5, 5.41) is 5.45. The molecule has 2 aromatic heterocycles. The molecule has 2 amide bonds. The molecule has 3 N–H and O–H groups in total. The molecule has 10 heteroatoms. The summed E-state index contributed by atoms with van der Waals surface area (Å²) < 4.78 is 0. The van der Waals surface area contributed by atoms with Crippen LogP contribution < -0.4 is 11.1 Å². The maximum atomic E-state index is 12.7. The second-order valence-electron chi connectivity index (χ2n) is 7.70. The van der Waals surface area contributed by atoms with Crippen molar-refractivity contribution >= 4 is 40.6 Å². The average molecular weight is 451 g/mol. The van der Waals surface area contributed by atoms with Crippen LogP contribution in [0.5, 0.6) is 0 Å². The Morgan fingerprint density at radius 1 is 1.30 bits per heavy atom. The van der Waals surface area contributed by atoms with Crippen molar-refractivity contribution in [3.63, 3.8) is 0 Å². The van der Waals surface area contributed by atoms with E-state index in [-0.39, 0.29) is 17.1 Å². The molecular formula is C20H27ClN6O2S. The van der Waals surface area contributed by atoms with Crippen LogP contribution in [-0.2, 0) is 11.2 Å². The first-order chi connectivity index (χ1) is 14.2. The lowest BCUT2D eigenvalue weighted by molar-refractivity contribution is -0.134. The topological polar surface area (TPSA) is 114 Å². The quantitative estimate of drug-likeness (QED) is 0.654. The van der Waals surface area contributed by atoms with Gasteiger partial charge in [-0.3, -0.25) is 9.59 Å². The first-order valence-electron chi connectivity index (χ1n) is 10.0. The fraction of sp³-hybridized carbons (Fsp3) is 0.550. The van der Waals surface area contributed by atoms with E-state index in [4.69, 9.17) is 17.3 Å². The molecule has 1 fully saturated rings. The van der Waals surface area contributed by atoms with Crippen molar-refractivity contribution in [3.8, 4) is 0 Å². The first kappa shape index (κ1) is 22.4. The molecule has 0 bridgehead atoms. The predicted molar refractivity (Wildman–Crippen MR) is 118 cm³/mol. The van der Waals surface area contributed by atoms with Gasteiger partial charge < -0.3 is 16.0 Å². The summed E-state index contributed by atoms with van der Waals surface area (Å²) in [5.41, 5.74) is 8.12. The number of halogens is 1. The monoisotopic (exact) mass is 450 g/mol. The number of carbonyl (C=O) groups excluding carboxylic acids is 2. The van der Waals surface area contributed by atoms with E-state index in [0.717, 1.165) is 41.9 Å². The Morgan fingerprint density at radius 3 is 2.60 bits per heavy atom. The Bertz CT molecular complexity index is 903.